The number of halogens is 1. The molecular weight excluding hydrogens is 273 g/mol. The van der Waals surface area contributed by atoms with Crippen LogP contribution in [0.3, 0.4) is 0 Å². The van der Waals surface area contributed by atoms with E-state index >= 15 is 0 Å². The molecule has 1 aliphatic rings. The molecule has 1 N–H and O–H groups in total. The number of benzene rings is 1. The SMILES string of the molecule is CC(c1ccccc1F)N(C)C(=O)C1CCCC1C(=O)O. The van der Waals surface area contributed by atoms with E-state index in [9.17, 15) is 19.1 Å². The number of rotatable bonds is 4. The number of carbonyl (C=O) groups excluding carboxylic acids is 1. The van der Waals surface area contributed by atoms with Gasteiger partial charge < -0.3 is 10.0 Å². The summed E-state index contributed by atoms with van der Waals surface area (Å²) in [6, 6.07) is 5.91. The van der Waals surface area contributed by atoms with Crippen LogP contribution >= 0.6 is 0 Å². The van der Waals surface area contributed by atoms with Crippen molar-refractivity contribution in [2.45, 2.75) is 32.2 Å². The Labute approximate surface area is 123 Å². The van der Waals surface area contributed by atoms with Crippen LogP contribution in [-0.2, 0) is 9.59 Å². The summed E-state index contributed by atoms with van der Waals surface area (Å²) < 4.78 is 13.8. The molecule has 3 unspecified atom stereocenters. The summed E-state index contributed by atoms with van der Waals surface area (Å²) in [4.78, 5) is 25.2. The summed E-state index contributed by atoms with van der Waals surface area (Å²) in [5.41, 5.74) is 0.443. The smallest absolute Gasteiger partial charge is 0.307 e. The largest absolute Gasteiger partial charge is 0.481 e. The zero-order valence-corrected chi connectivity index (χ0v) is 12.3. The first kappa shape index (κ1) is 15.5. The summed E-state index contributed by atoms with van der Waals surface area (Å²) in [6.45, 7) is 1.75. The van der Waals surface area contributed by atoms with Gasteiger partial charge in [0.2, 0.25) is 5.91 Å². The highest BCUT2D eigenvalue weighted by molar-refractivity contribution is 5.85. The molecule has 0 spiro atoms. The molecule has 4 nitrogen and oxygen atoms in total. The molecule has 0 heterocycles. The van der Waals surface area contributed by atoms with Crippen LogP contribution < -0.4 is 0 Å². The maximum atomic E-state index is 13.8. The fourth-order valence-electron chi connectivity index (χ4n) is 3.03. The van der Waals surface area contributed by atoms with E-state index in [1.165, 1.54) is 11.0 Å². The predicted molar refractivity (Wildman–Crippen MR) is 76.1 cm³/mol. The lowest BCUT2D eigenvalue weighted by atomic mass is 9.94. The fraction of sp³-hybridized carbons (Fsp3) is 0.500. The number of carbonyl (C=O) groups is 2. The van der Waals surface area contributed by atoms with Crippen LogP contribution in [-0.4, -0.2) is 28.9 Å². The van der Waals surface area contributed by atoms with Crippen molar-refractivity contribution in [2.75, 3.05) is 7.05 Å². The van der Waals surface area contributed by atoms with E-state index in [1.54, 1.807) is 32.2 Å². The number of aliphatic carboxylic acids is 1. The Balaban J connectivity index is 2.16. The van der Waals surface area contributed by atoms with Gasteiger partial charge in [0, 0.05) is 12.6 Å². The fourth-order valence-corrected chi connectivity index (χ4v) is 3.03. The lowest BCUT2D eigenvalue weighted by molar-refractivity contribution is -0.149. The van der Waals surface area contributed by atoms with Gasteiger partial charge in [-0.05, 0) is 25.8 Å². The van der Waals surface area contributed by atoms with Gasteiger partial charge in [0.25, 0.3) is 0 Å². The number of hydrogen-bond donors (Lipinski definition) is 1. The molecule has 5 heteroatoms. The van der Waals surface area contributed by atoms with Crippen LogP contribution in [0, 0.1) is 17.7 Å². The van der Waals surface area contributed by atoms with E-state index in [0.717, 1.165) is 6.42 Å². The van der Waals surface area contributed by atoms with Gasteiger partial charge in [0.05, 0.1) is 17.9 Å². The van der Waals surface area contributed by atoms with Crippen LogP contribution in [0.15, 0.2) is 24.3 Å². The van der Waals surface area contributed by atoms with E-state index < -0.39 is 23.8 Å². The molecule has 0 saturated heterocycles. The van der Waals surface area contributed by atoms with Crippen LogP contribution in [0.5, 0.6) is 0 Å². The Bertz CT molecular complexity index is 546. The second-order valence-corrected chi connectivity index (χ2v) is 5.63. The van der Waals surface area contributed by atoms with Gasteiger partial charge in [-0.15, -0.1) is 0 Å². The van der Waals surface area contributed by atoms with Crippen molar-refractivity contribution in [2.24, 2.45) is 11.8 Å². The first-order valence-corrected chi connectivity index (χ1v) is 7.17. The van der Waals surface area contributed by atoms with Crippen molar-refractivity contribution in [3.63, 3.8) is 0 Å². The van der Waals surface area contributed by atoms with Gasteiger partial charge in [0.1, 0.15) is 5.82 Å². The van der Waals surface area contributed by atoms with E-state index in [4.69, 9.17) is 0 Å². The van der Waals surface area contributed by atoms with Crippen LogP contribution in [0.1, 0.15) is 37.8 Å². The highest BCUT2D eigenvalue weighted by atomic mass is 19.1. The molecule has 1 aromatic carbocycles. The van der Waals surface area contributed by atoms with E-state index in [1.807, 2.05) is 0 Å². The molecule has 0 radical (unpaired) electrons. The van der Waals surface area contributed by atoms with Crippen molar-refractivity contribution in [3.8, 4) is 0 Å². The molecule has 1 fully saturated rings. The normalized spacial score (nSPS) is 22.8. The Hall–Kier alpha value is -1.91. The molecule has 1 aliphatic carbocycles. The molecule has 1 saturated carbocycles. The third kappa shape index (κ3) is 3.06. The summed E-state index contributed by atoms with van der Waals surface area (Å²) in [5, 5.41) is 9.18. The Morgan fingerprint density at radius 2 is 1.90 bits per heavy atom. The average molecular weight is 293 g/mol. The highest BCUT2D eigenvalue weighted by Gasteiger charge is 2.40. The van der Waals surface area contributed by atoms with E-state index in [0.29, 0.717) is 18.4 Å². The quantitative estimate of drug-likeness (QED) is 0.928. The zero-order chi connectivity index (χ0) is 15.6. The lowest BCUT2D eigenvalue weighted by Gasteiger charge is -2.29. The standard InChI is InChI=1S/C16H20FNO3/c1-10(11-6-3-4-9-14(11)17)18(2)15(19)12-7-5-8-13(12)16(20)21/h3-4,6,9-10,12-13H,5,7-8H2,1-2H3,(H,20,21). The van der Waals surface area contributed by atoms with Crippen LogP contribution in [0.25, 0.3) is 0 Å². The van der Waals surface area contributed by atoms with Gasteiger partial charge in [0.15, 0.2) is 0 Å². The second-order valence-electron chi connectivity index (χ2n) is 5.63. The number of carboxylic acid groups (broad SMARTS) is 1. The Kier molecular flexibility index (Phi) is 4.60. The average Bonchev–Trinajstić information content (AvgIpc) is 2.95. The third-order valence-corrected chi connectivity index (χ3v) is 4.43. The van der Waals surface area contributed by atoms with Gasteiger partial charge >= 0.3 is 5.97 Å². The Morgan fingerprint density at radius 1 is 1.29 bits per heavy atom. The van der Waals surface area contributed by atoms with Crippen molar-refractivity contribution >= 4 is 11.9 Å². The topological polar surface area (TPSA) is 57.6 Å². The minimum Gasteiger partial charge on any atom is -0.481 e. The number of hydrogen-bond acceptors (Lipinski definition) is 2. The second kappa shape index (κ2) is 6.24. The Morgan fingerprint density at radius 3 is 2.52 bits per heavy atom. The van der Waals surface area contributed by atoms with E-state index in [2.05, 4.69) is 0 Å². The monoisotopic (exact) mass is 293 g/mol. The molecule has 3 atom stereocenters. The zero-order valence-electron chi connectivity index (χ0n) is 12.3. The molecule has 114 valence electrons. The van der Waals surface area contributed by atoms with Crippen molar-refractivity contribution < 1.29 is 19.1 Å². The summed E-state index contributed by atoms with van der Waals surface area (Å²) in [5.74, 6) is -2.60. The minimum atomic E-state index is -0.919. The third-order valence-electron chi connectivity index (χ3n) is 4.43. The molecule has 1 aromatic rings. The molecular formula is C16H20FNO3. The summed E-state index contributed by atoms with van der Waals surface area (Å²) in [6.07, 6.45) is 1.87. The lowest BCUT2D eigenvalue weighted by Crippen LogP contribution is -2.38. The number of carboxylic acids is 1. The van der Waals surface area contributed by atoms with E-state index in [-0.39, 0.29) is 11.7 Å². The maximum absolute atomic E-state index is 13.8. The molecule has 0 aliphatic heterocycles. The van der Waals surface area contributed by atoms with Crippen LogP contribution in [0.2, 0.25) is 0 Å². The van der Waals surface area contributed by atoms with Crippen molar-refractivity contribution in [1.82, 2.24) is 4.90 Å². The van der Waals surface area contributed by atoms with Gasteiger partial charge in [-0.1, -0.05) is 24.6 Å². The molecule has 0 aromatic heterocycles. The molecule has 21 heavy (non-hydrogen) atoms. The predicted octanol–water partition coefficient (Wildman–Crippen LogP) is 2.85. The number of nitrogens with zero attached hydrogens (tertiary/aromatic N) is 1. The molecule has 2 rings (SSSR count). The molecule has 1 amide bonds. The van der Waals surface area contributed by atoms with Gasteiger partial charge in [-0.3, -0.25) is 9.59 Å². The van der Waals surface area contributed by atoms with Crippen molar-refractivity contribution in [1.29, 1.82) is 0 Å². The molecule has 0 bridgehead atoms. The highest BCUT2D eigenvalue weighted by Crippen LogP contribution is 2.35. The van der Waals surface area contributed by atoms with Crippen LogP contribution in [0.4, 0.5) is 4.39 Å². The first-order chi connectivity index (χ1) is 9.93. The van der Waals surface area contributed by atoms with Gasteiger partial charge in [-0.25, -0.2) is 4.39 Å². The maximum Gasteiger partial charge on any atom is 0.307 e. The minimum absolute atomic E-state index is 0.212. The number of amides is 1. The van der Waals surface area contributed by atoms with Gasteiger partial charge in [-0.2, -0.15) is 0 Å². The summed E-state index contributed by atoms with van der Waals surface area (Å²) in [7, 11) is 1.61. The first-order valence-electron chi connectivity index (χ1n) is 7.17. The van der Waals surface area contributed by atoms with Crippen molar-refractivity contribution in [3.05, 3.63) is 35.6 Å². The summed E-state index contributed by atoms with van der Waals surface area (Å²) >= 11 is 0.